The Morgan fingerprint density at radius 1 is 1.16 bits per heavy atom. The smallest absolute Gasteiger partial charge is 0.335 e. The van der Waals surface area contributed by atoms with Crippen molar-refractivity contribution < 1.29 is 24.2 Å². The van der Waals surface area contributed by atoms with Crippen molar-refractivity contribution in [1.82, 2.24) is 10.6 Å². The molecule has 138 valence electrons. The van der Waals surface area contributed by atoms with Gasteiger partial charge in [0, 0.05) is 25.4 Å². The van der Waals surface area contributed by atoms with Crippen molar-refractivity contribution in [2.45, 2.75) is 45.6 Å². The molecule has 1 aromatic rings. The topological polar surface area (TPSA) is 105 Å². The number of aromatic carboxylic acids is 1. The third kappa shape index (κ3) is 7.69. The van der Waals surface area contributed by atoms with E-state index in [0.29, 0.717) is 38.0 Å². The van der Waals surface area contributed by atoms with Crippen LogP contribution in [0.15, 0.2) is 18.2 Å². The molecule has 0 radical (unpaired) electrons. The minimum atomic E-state index is -1.01. The fourth-order valence-electron chi connectivity index (χ4n) is 2.31. The van der Waals surface area contributed by atoms with E-state index in [-0.39, 0.29) is 23.4 Å². The highest BCUT2D eigenvalue weighted by Crippen LogP contribution is 2.20. The summed E-state index contributed by atoms with van der Waals surface area (Å²) in [6, 6.07) is 4.76. The van der Waals surface area contributed by atoms with Gasteiger partial charge in [-0.3, -0.25) is 9.59 Å². The molecule has 0 heterocycles. The van der Waals surface area contributed by atoms with Crippen LogP contribution >= 0.6 is 0 Å². The Balaban J connectivity index is 2.36. The second kappa shape index (κ2) is 10.3. The molecule has 0 aromatic heterocycles. The first-order valence-corrected chi connectivity index (χ1v) is 8.29. The van der Waals surface area contributed by atoms with E-state index in [1.54, 1.807) is 6.07 Å². The van der Waals surface area contributed by atoms with Crippen molar-refractivity contribution in [1.29, 1.82) is 0 Å². The van der Waals surface area contributed by atoms with Gasteiger partial charge in [-0.05, 0) is 44.4 Å². The van der Waals surface area contributed by atoms with Crippen molar-refractivity contribution in [3.05, 3.63) is 29.3 Å². The maximum absolute atomic E-state index is 11.8. The van der Waals surface area contributed by atoms with Crippen LogP contribution in [0.5, 0.6) is 5.75 Å². The van der Waals surface area contributed by atoms with Crippen molar-refractivity contribution >= 4 is 17.8 Å². The summed E-state index contributed by atoms with van der Waals surface area (Å²) in [6.45, 7) is 4.20. The summed E-state index contributed by atoms with van der Waals surface area (Å²) in [5.41, 5.74) is 0.980. The lowest BCUT2D eigenvalue weighted by Gasteiger charge is -2.10. The zero-order valence-electron chi connectivity index (χ0n) is 14.9. The van der Waals surface area contributed by atoms with Gasteiger partial charge in [0.1, 0.15) is 5.75 Å². The average molecular weight is 350 g/mol. The highest BCUT2D eigenvalue weighted by molar-refractivity contribution is 5.88. The van der Waals surface area contributed by atoms with E-state index in [1.165, 1.54) is 19.2 Å². The predicted octanol–water partition coefficient (Wildman–Crippen LogP) is 1.75. The van der Waals surface area contributed by atoms with Crippen LogP contribution in [-0.4, -0.2) is 42.6 Å². The average Bonchev–Trinajstić information content (AvgIpc) is 2.54. The predicted molar refractivity (Wildman–Crippen MR) is 93.8 cm³/mol. The maximum atomic E-state index is 11.8. The summed E-state index contributed by atoms with van der Waals surface area (Å²) < 4.78 is 5.20. The summed E-state index contributed by atoms with van der Waals surface area (Å²) in [7, 11) is 1.48. The van der Waals surface area contributed by atoms with Crippen LogP contribution in [0.1, 0.15) is 49.0 Å². The van der Waals surface area contributed by atoms with Gasteiger partial charge in [-0.15, -0.1) is 0 Å². The number of benzene rings is 1. The first kappa shape index (κ1) is 20.5. The van der Waals surface area contributed by atoms with Crippen LogP contribution in [0, 0.1) is 0 Å². The van der Waals surface area contributed by atoms with Crippen molar-refractivity contribution in [2.24, 2.45) is 0 Å². The molecule has 25 heavy (non-hydrogen) atoms. The number of hydrogen-bond acceptors (Lipinski definition) is 4. The molecule has 0 saturated heterocycles. The summed E-state index contributed by atoms with van der Waals surface area (Å²) in [6.07, 6.45) is 1.65. The van der Waals surface area contributed by atoms with Crippen molar-refractivity contribution in [3.63, 3.8) is 0 Å². The molecular weight excluding hydrogens is 324 g/mol. The number of methoxy groups -OCH3 is 1. The number of carbonyl (C=O) groups is 3. The number of carboxylic acids is 1. The van der Waals surface area contributed by atoms with Crippen molar-refractivity contribution in [3.8, 4) is 5.75 Å². The number of rotatable bonds is 10. The summed E-state index contributed by atoms with van der Waals surface area (Å²) in [5, 5.41) is 14.5. The molecule has 1 aromatic carbocycles. The van der Waals surface area contributed by atoms with Crippen LogP contribution in [-0.2, 0) is 16.0 Å². The quantitative estimate of drug-likeness (QED) is 0.596. The molecule has 0 aliphatic rings. The zero-order valence-corrected chi connectivity index (χ0v) is 14.9. The first-order valence-electron chi connectivity index (χ1n) is 8.29. The molecule has 0 aliphatic carbocycles. The highest BCUT2D eigenvalue weighted by atomic mass is 16.5. The SMILES string of the molecule is COc1cc(C(=O)O)ccc1CCNC(=O)CCCC(=O)NC(C)C. The Labute approximate surface area is 147 Å². The first-order chi connectivity index (χ1) is 11.8. The maximum Gasteiger partial charge on any atom is 0.335 e. The number of nitrogens with one attached hydrogen (secondary N) is 2. The van der Waals surface area contributed by atoms with Gasteiger partial charge in [-0.1, -0.05) is 6.07 Å². The van der Waals surface area contributed by atoms with Gasteiger partial charge in [0.25, 0.3) is 0 Å². The second-order valence-corrected chi connectivity index (χ2v) is 6.01. The van der Waals surface area contributed by atoms with E-state index in [4.69, 9.17) is 9.84 Å². The molecule has 1 rings (SSSR count). The van der Waals surface area contributed by atoms with E-state index in [0.717, 1.165) is 5.56 Å². The lowest BCUT2D eigenvalue weighted by molar-refractivity contribution is -0.122. The third-order valence-electron chi connectivity index (χ3n) is 3.51. The van der Waals surface area contributed by atoms with Gasteiger partial charge in [0.2, 0.25) is 11.8 Å². The van der Waals surface area contributed by atoms with Crippen LogP contribution in [0.2, 0.25) is 0 Å². The number of amides is 2. The van der Waals surface area contributed by atoms with Crippen LogP contribution in [0.4, 0.5) is 0 Å². The van der Waals surface area contributed by atoms with Gasteiger partial charge in [0.05, 0.1) is 12.7 Å². The molecular formula is C18H26N2O5. The third-order valence-corrected chi connectivity index (χ3v) is 3.51. The molecule has 0 atom stereocenters. The van der Waals surface area contributed by atoms with Crippen LogP contribution in [0.25, 0.3) is 0 Å². The van der Waals surface area contributed by atoms with Gasteiger partial charge in [-0.2, -0.15) is 0 Å². The van der Waals surface area contributed by atoms with Gasteiger partial charge in [0.15, 0.2) is 0 Å². The standard InChI is InChI=1S/C18H26N2O5/c1-12(2)20-17(22)6-4-5-16(21)19-10-9-13-7-8-14(18(23)24)11-15(13)25-3/h7-8,11-12H,4-6,9-10H2,1-3H3,(H,19,21)(H,20,22)(H,23,24). The van der Waals surface area contributed by atoms with E-state index in [1.807, 2.05) is 13.8 Å². The molecule has 3 N–H and O–H groups in total. The Morgan fingerprint density at radius 2 is 1.84 bits per heavy atom. The molecule has 7 nitrogen and oxygen atoms in total. The Kier molecular flexibility index (Phi) is 8.46. The molecule has 0 spiro atoms. The number of carboxylic acid groups (broad SMARTS) is 1. The molecule has 0 unspecified atom stereocenters. The number of carbonyl (C=O) groups excluding carboxylic acids is 2. The summed E-state index contributed by atoms with van der Waals surface area (Å²) in [4.78, 5) is 34.2. The molecule has 0 saturated carbocycles. The fourth-order valence-corrected chi connectivity index (χ4v) is 2.31. The largest absolute Gasteiger partial charge is 0.496 e. The minimum Gasteiger partial charge on any atom is -0.496 e. The molecule has 7 heteroatoms. The zero-order chi connectivity index (χ0) is 18.8. The monoisotopic (exact) mass is 350 g/mol. The van der Waals surface area contributed by atoms with E-state index in [9.17, 15) is 14.4 Å². The summed E-state index contributed by atoms with van der Waals surface area (Å²) in [5.74, 6) is -0.691. The normalized spacial score (nSPS) is 10.4. The van der Waals surface area contributed by atoms with E-state index >= 15 is 0 Å². The van der Waals surface area contributed by atoms with Crippen LogP contribution in [0.3, 0.4) is 0 Å². The Hall–Kier alpha value is -2.57. The van der Waals surface area contributed by atoms with Crippen LogP contribution < -0.4 is 15.4 Å². The lowest BCUT2D eigenvalue weighted by Crippen LogP contribution is -2.30. The van der Waals surface area contributed by atoms with Gasteiger partial charge >= 0.3 is 5.97 Å². The lowest BCUT2D eigenvalue weighted by atomic mass is 10.1. The Morgan fingerprint density at radius 3 is 2.44 bits per heavy atom. The summed E-state index contributed by atoms with van der Waals surface area (Å²) >= 11 is 0. The second-order valence-electron chi connectivity index (χ2n) is 6.01. The minimum absolute atomic E-state index is 0.0499. The Bertz CT molecular complexity index is 613. The van der Waals surface area contributed by atoms with E-state index in [2.05, 4.69) is 10.6 Å². The fraction of sp³-hybridized carbons (Fsp3) is 0.500. The van der Waals surface area contributed by atoms with Crippen molar-refractivity contribution in [2.75, 3.05) is 13.7 Å². The van der Waals surface area contributed by atoms with Gasteiger partial charge < -0.3 is 20.5 Å². The number of ether oxygens (including phenoxy) is 1. The molecule has 2 amide bonds. The van der Waals surface area contributed by atoms with Gasteiger partial charge in [-0.25, -0.2) is 4.79 Å². The van der Waals surface area contributed by atoms with E-state index < -0.39 is 5.97 Å². The molecule has 0 fully saturated rings. The molecule has 0 aliphatic heterocycles. The molecule has 0 bridgehead atoms. The number of hydrogen-bond donors (Lipinski definition) is 3. The highest BCUT2D eigenvalue weighted by Gasteiger charge is 2.10.